The van der Waals surface area contributed by atoms with E-state index in [2.05, 4.69) is 9.71 Å². The molecule has 0 radical (unpaired) electrons. The average molecular weight is 341 g/mol. The van der Waals surface area contributed by atoms with Crippen LogP contribution in [0.3, 0.4) is 0 Å². The fraction of sp³-hybridized carbons (Fsp3) is 0.167. The van der Waals surface area contributed by atoms with Crippen LogP contribution in [0.5, 0.6) is 0 Å². The zero-order chi connectivity index (χ0) is 17.2. The van der Waals surface area contributed by atoms with Crippen molar-refractivity contribution in [2.45, 2.75) is 24.8 Å². The molecule has 3 aromatic rings. The van der Waals surface area contributed by atoms with E-state index in [0.717, 1.165) is 16.8 Å². The van der Waals surface area contributed by atoms with Crippen molar-refractivity contribution in [2.24, 2.45) is 0 Å². The van der Waals surface area contributed by atoms with Crippen LogP contribution in [-0.2, 0) is 10.0 Å². The van der Waals surface area contributed by atoms with Crippen LogP contribution in [-0.4, -0.2) is 18.0 Å². The van der Waals surface area contributed by atoms with Crippen molar-refractivity contribution in [3.8, 4) is 5.69 Å². The van der Waals surface area contributed by atoms with E-state index in [-0.39, 0.29) is 10.9 Å². The highest BCUT2D eigenvalue weighted by atomic mass is 32.2. The van der Waals surface area contributed by atoms with E-state index in [1.54, 1.807) is 36.8 Å². The van der Waals surface area contributed by atoms with Gasteiger partial charge in [0.05, 0.1) is 11.2 Å². The molecule has 0 aliphatic rings. The van der Waals surface area contributed by atoms with Gasteiger partial charge in [0.15, 0.2) is 0 Å². The fourth-order valence-electron chi connectivity index (χ4n) is 2.43. The molecule has 0 unspecified atom stereocenters. The molecule has 1 N–H and O–H groups in total. The summed E-state index contributed by atoms with van der Waals surface area (Å²) >= 11 is 0. The van der Waals surface area contributed by atoms with Gasteiger partial charge in [0.2, 0.25) is 10.0 Å². The molecule has 1 heterocycles. The largest absolute Gasteiger partial charge is 0.306 e. The SMILES string of the molecule is Cc1ccc(S(=O)(=O)N[C@H](C)c2ccc(-n3ccnc3)cc2)cc1. The normalized spacial score (nSPS) is 12.9. The van der Waals surface area contributed by atoms with Crippen molar-refractivity contribution >= 4 is 10.0 Å². The molecule has 1 aromatic heterocycles. The number of hydrogen-bond acceptors (Lipinski definition) is 3. The number of nitrogens with zero attached hydrogens (tertiary/aromatic N) is 2. The summed E-state index contributed by atoms with van der Waals surface area (Å²) in [4.78, 5) is 4.29. The van der Waals surface area contributed by atoms with Gasteiger partial charge in [-0.05, 0) is 43.7 Å². The van der Waals surface area contributed by atoms with Gasteiger partial charge in [-0.15, -0.1) is 0 Å². The van der Waals surface area contributed by atoms with E-state index in [0.29, 0.717) is 0 Å². The summed E-state index contributed by atoms with van der Waals surface area (Å²) in [6, 6.07) is 14.2. The Morgan fingerprint density at radius 1 is 1.04 bits per heavy atom. The number of aromatic nitrogens is 2. The van der Waals surface area contributed by atoms with E-state index in [1.165, 1.54) is 0 Å². The van der Waals surface area contributed by atoms with E-state index in [4.69, 9.17) is 0 Å². The Morgan fingerprint density at radius 2 is 1.71 bits per heavy atom. The van der Waals surface area contributed by atoms with Gasteiger partial charge in [-0.2, -0.15) is 0 Å². The molecule has 2 aromatic carbocycles. The third-order valence-electron chi connectivity index (χ3n) is 3.86. The molecule has 5 nitrogen and oxygen atoms in total. The smallest absolute Gasteiger partial charge is 0.241 e. The fourth-order valence-corrected chi connectivity index (χ4v) is 3.67. The van der Waals surface area contributed by atoms with Crippen LogP contribution in [0.15, 0.2) is 72.1 Å². The summed E-state index contributed by atoms with van der Waals surface area (Å²) in [7, 11) is -3.54. The molecule has 24 heavy (non-hydrogen) atoms. The standard InChI is InChI=1S/C18H19N3O2S/c1-14-3-9-18(10-4-14)24(22,23)20-15(2)16-5-7-17(8-6-16)21-12-11-19-13-21/h3-13,15,20H,1-2H3/t15-/m1/s1. The second-order valence-corrected chi connectivity index (χ2v) is 7.43. The van der Waals surface area contributed by atoms with E-state index >= 15 is 0 Å². The molecule has 0 spiro atoms. The van der Waals surface area contributed by atoms with Gasteiger partial charge in [-0.25, -0.2) is 18.1 Å². The maximum Gasteiger partial charge on any atom is 0.241 e. The van der Waals surface area contributed by atoms with Crippen molar-refractivity contribution < 1.29 is 8.42 Å². The second kappa shape index (κ2) is 6.59. The molecule has 0 bridgehead atoms. The van der Waals surface area contributed by atoms with Crippen molar-refractivity contribution in [1.29, 1.82) is 0 Å². The lowest BCUT2D eigenvalue weighted by Crippen LogP contribution is -2.26. The highest BCUT2D eigenvalue weighted by molar-refractivity contribution is 7.89. The molecule has 1 atom stereocenters. The minimum atomic E-state index is -3.54. The minimum Gasteiger partial charge on any atom is -0.306 e. The van der Waals surface area contributed by atoms with Gasteiger partial charge < -0.3 is 4.57 Å². The maximum atomic E-state index is 12.5. The Hall–Kier alpha value is -2.44. The molecule has 0 aliphatic heterocycles. The van der Waals surface area contributed by atoms with Crippen LogP contribution in [0.2, 0.25) is 0 Å². The first-order valence-electron chi connectivity index (χ1n) is 7.63. The summed E-state index contributed by atoms with van der Waals surface area (Å²) in [5.41, 5.74) is 2.90. The first-order valence-corrected chi connectivity index (χ1v) is 9.11. The summed E-state index contributed by atoms with van der Waals surface area (Å²) in [5, 5.41) is 0. The lowest BCUT2D eigenvalue weighted by atomic mass is 10.1. The zero-order valence-electron chi connectivity index (χ0n) is 13.5. The Bertz CT molecular complexity index is 900. The Labute approximate surface area is 142 Å². The highest BCUT2D eigenvalue weighted by Crippen LogP contribution is 2.19. The molecule has 0 amide bonds. The number of aryl methyl sites for hydroxylation is 1. The number of imidazole rings is 1. The van der Waals surface area contributed by atoms with Gasteiger partial charge in [0, 0.05) is 24.1 Å². The Balaban J connectivity index is 1.76. The van der Waals surface area contributed by atoms with E-state index in [9.17, 15) is 8.42 Å². The van der Waals surface area contributed by atoms with Crippen LogP contribution in [0.1, 0.15) is 24.1 Å². The van der Waals surface area contributed by atoms with Crippen LogP contribution in [0, 0.1) is 6.92 Å². The summed E-state index contributed by atoms with van der Waals surface area (Å²) in [6.07, 6.45) is 5.29. The van der Waals surface area contributed by atoms with Crippen molar-refractivity contribution in [2.75, 3.05) is 0 Å². The average Bonchev–Trinajstić information content (AvgIpc) is 3.09. The highest BCUT2D eigenvalue weighted by Gasteiger charge is 2.18. The van der Waals surface area contributed by atoms with Crippen molar-refractivity contribution in [3.05, 3.63) is 78.4 Å². The van der Waals surface area contributed by atoms with Crippen molar-refractivity contribution in [1.82, 2.24) is 14.3 Å². The quantitative estimate of drug-likeness (QED) is 0.775. The maximum absolute atomic E-state index is 12.5. The molecule has 0 saturated heterocycles. The third-order valence-corrected chi connectivity index (χ3v) is 5.42. The minimum absolute atomic E-state index is 0.273. The summed E-state index contributed by atoms with van der Waals surface area (Å²) < 4.78 is 29.5. The van der Waals surface area contributed by atoms with Crippen LogP contribution in [0.4, 0.5) is 0 Å². The van der Waals surface area contributed by atoms with Gasteiger partial charge in [-0.3, -0.25) is 0 Å². The second-order valence-electron chi connectivity index (χ2n) is 5.72. The Kier molecular flexibility index (Phi) is 4.51. The molecule has 3 rings (SSSR count). The van der Waals surface area contributed by atoms with Crippen LogP contribution in [0.25, 0.3) is 5.69 Å². The first-order chi connectivity index (χ1) is 11.5. The molecular formula is C18H19N3O2S. The number of benzene rings is 2. The molecule has 124 valence electrons. The molecular weight excluding hydrogens is 322 g/mol. The van der Waals surface area contributed by atoms with Crippen LogP contribution < -0.4 is 4.72 Å². The third kappa shape index (κ3) is 3.55. The molecule has 6 heteroatoms. The summed E-state index contributed by atoms with van der Waals surface area (Å²) in [5.74, 6) is 0. The van der Waals surface area contributed by atoms with Gasteiger partial charge in [0.25, 0.3) is 0 Å². The number of rotatable bonds is 5. The van der Waals surface area contributed by atoms with Crippen LogP contribution >= 0.6 is 0 Å². The number of hydrogen-bond donors (Lipinski definition) is 1. The molecule has 0 saturated carbocycles. The molecule has 0 aliphatic carbocycles. The Morgan fingerprint density at radius 3 is 2.29 bits per heavy atom. The number of sulfonamides is 1. The monoisotopic (exact) mass is 341 g/mol. The lowest BCUT2D eigenvalue weighted by molar-refractivity contribution is 0.567. The van der Waals surface area contributed by atoms with Gasteiger partial charge in [-0.1, -0.05) is 29.8 Å². The topological polar surface area (TPSA) is 64.0 Å². The predicted molar refractivity (Wildman–Crippen MR) is 93.5 cm³/mol. The summed E-state index contributed by atoms with van der Waals surface area (Å²) in [6.45, 7) is 3.76. The number of nitrogens with one attached hydrogen (secondary N) is 1. The lowest BCUT2D eigenvalue weighted by Gasteiger charge is -2.15. The zero-order valence-corrected chi connectivity index (χ0v) is 14.4. The molecule has 0 fully saturated rings. The van der Waals surface area contributed by atoms with E-state index in [1.807, 2.05) is 48.9 Å². The first kappa shape index (κ1) is 16.4. The van der Waals surface area contributed by atoms with Gasteiger partial charge in [0.1, 0.15) is 0 Å². The van der Waals surface area contributed by atoms with Crippen molar-refractivity contribution in [3.63, 3.8) is 0 Å². The van der Waals surface area contributed by atoms with Gasteiger partial charge >= 0.3 is 0 Å². The van der Waals surface area contributed by atoms with E-state index < -0.39 is 10.0 Å². The predicted octanol–water partition coefficient (Wildman–Crippen LogP) is 3.22.